The first-order chi connectivity index (χ1) is 6.72. The van der Waals surface area contributed by atoms with E-state index in [2.05, 4.69) is 37.5 Å². The molecule has 0 radical (unpaired) electrons. The summed E-state index contributed by atoms with van der Waals surface area (Å²) in [6.07, 6.45) is 1.62. The predicted octanol–water partition coefficient (Wildman–Crippen LogP) is 1.76. The van der Waals surface area contributed by atoms with Gasteiger partial charge in [-0.25, -0.2) is 9.78 Å². The number of carbonyl (C=O) groups is 1. The van der Waals surface area contributed by atoms with Crippen LogP contribution in [0.25, 0.3) is 0 Å². The molecule has 3 nitrogen and oxygen atoms in total. The summed E-state index contributed by atoms with van der Waals surface area (Å²) in [5, 5.41) is 0. The lowest BCUT2D eigenvalue weighted by atomic mass is 10.3. The number of hydrogen-bond donors (Lipinski definition) is 0. The Labute approximate surface area is 90.6 Å². The molecule has 1 heterocycles. The molecule has 1 aromatic rings. The van der Waals surface area contributed by atoms with Crippen LogP contribution in [0.4, 0.5) is 0 Å². The Morgan fingerprint density at radius 3 is 3.00 bits per heavy atom. The largest absolute Gasteiger partial charge is 0.456 e. The summed E-state index contributed by atoms with van der Waals surface area (Å²) in [6.45, 7) is 2.07. The molecular formula is C10H8BrNO2. The van der Waals surface area contributed by atoms with E-state index in [1.54, 1.807) is 19.2 Å². The Morgan fingerprint density at radius 2 is 2.43 bits per heavy atom. The van der Waals surface area contributed by atoms with Gasteiger partial charge in [-0.2, -0.15) is 0 Å². The highest BCUT2D eigenvalue weighted by Crippen LogP contribution is 2.06. The number of carbonyl (C=O) groups excluding carboxylic acids is 1. The molecule has 0 aliphatic heterocycles. The van der Waals surface area contributed by atoms with Crippen molar-refractivity contribution in [1.29, 1.82) is 0 Å². The van der Waals surface area contributed by atoms with Crippen molar-refractivity contribution in [3.63, 3.8) is 0 Å². The van der Waals surface area contributed by atoms with E-state index in [9.17, 15) is 4.79 Å². The fourth-order valence-corrected chi connectivity index (χ4v) is 0.967. The lowest BCUT2D eigenvalue weighted by molar-refractivity contribution is -0.136. The lowest BCUT2D eigenvalue weighted by Gasteiger charge is -1.91. The normalized spacial score (nSPS) is 8.71. The van der Waals surface area contributed by atoms with Crippen molar-refractivity contribution in [2.45, 2.75) is 6.92 Å². The molecule has 0 saturated heterocycles. The molecule has 0 N–H and O–H groups in total. The molecular weight excluding hydrogens is 246 g/mol. The van der Waals surface area contributed by atoms with Crippen LogP contribution in [-0.4, -0.2) is 17.6 Å². The van der Waals surface area contributed by atoms with Crippen molar-refractivity contribution < 1.29 is 9.53 Å². The maximum Gasteiger partial charge on any atom is 0.384 e. The summed E-state index contributed by atoms with van der Waals surface area (Å²) in [7, 11) is 0. The number of ether oxygens (including phenoxy) is 1. The number of esters is 1. The highest BCUT2D eigenvalue weighted by molar-refractivity contribution is 9.10. The van der Waals surface area contributed by atoms with E-state index in [0.717, 1.165) is 4.47 Å². The van der Waals surface area contributed by atoms with Gasteiger partial charge in [0.2, 0.25) is 0 Å². The summed E-state index contributed by atoms with van der Waals surface area (Å²) in [6, 6.07) is 3.53. The molecule has 0 aromatic carbocycles. The van der Waals surface area contributed by atoms with Gasteiger partial charge in [0.05, 0.1) is 6.61 Å². The van der Waals surface area contributed by atoms with E-state index in [4.69, 9.17) is 0 Å². The van der Waals surface area contributed by atoms with E-state index in [0.29, 0.717) is 12.3 Å². The van der Waals surface area contributed by atoms with Crippen LogP contribution in [0.2, 0.25) is 0 Å². The van der Waals surface area contributed by atoms with Crippen molar-refractivity contribution in [2.75, 3.05) is 6.61 Å². The Hall–Kier alpha value is -1.34. The zero-order valence-electron chi connectivity index (χ0n) is 7.58. The maximum atomic E-state index is 10.9. The molecule has 0 spiro atoms. The second-order valence-electron chi connectivity index (χ2n) is 2.33. The topological polar surface area (TPSA) is 39.2 Å². The molecule has 0 aliphatic rings. The van der Waals surface area contributed by atoms with Crippen LogP contribution in [0.15, 0.2) is 22.8 Å². The minimum Gasteiger partial charge on any atom is -0.456 e. The Bertz CT molecular complexity index is 375. The molecule has 0 bridgehead atoms. The highest BCUT2D eigenvalue weighted by Gasteiger charge is 1.93. The van der Waals surface area contributed by atoms with E-state index in [1.807, 2.05) is 6.07 Å². The van der Waals surface area contributed by atoms with Gasteiger partial charge in [-0.15, -0.1) is 0 Å². The lowest BCUT2D eigenvalue weighted by Crippen LogP contribution is -1.99. The van der Waals surface area contributed by atoms with Crippen LogP contribution in [0.1, 0.15) is 12.6 Å². The van der Waals surface area contributed by atoms with Gasteiger partial charge in [-0.3, -0.25) is 0 Å². The third-order valence-electron chi connectivity index (χ3n) is 1.30. The van der Waals surface area contributed by atoms with E-state index in [-0.39, 0.29) is 0 Å². The van der Waals surface area contributed by atoms with Crippen LogP contribution in [0.5, 0.6) is 0 Å². The van der Waals surface area contributed by atoms with Crippen LogP contribution in [0.3, 0.4) is 0 Å². The predicted molar refractivity (Wildman–Crippen MR) is 55.4 cm³/mol. The third-order valence-corrected chi connectivity index (χ3v) is 1.76. The van der Waals surface area contributed by atoms with Gasteiger partial charge in [0.1, 0.15) is 5.69 Å². The molecule has 0 saturated carbocycles. The van der Waals surface area contributed by atoms with E-state index in [1.165, 1.54) is 0 Å². The first-order valence-electron chi connectivity index (χ1n) is 4.02. The van der Waals surface area contributed by atoms with Crippen molar-refractivity contribution in [1.82, 2.24) is 4.98 Å². The standard InChI is InChI=1S/C10H8BrNO2/c1-2-14-10(13)6-5-9-4-3-8(11)7-12-9/h3-4,7H,2H2,1H3. The second kappa shape index (κ2) is 5.40. The van der Waals surface area contributed by atoms with E-state index >= 15 is 0 Å². The number of hydrogen-bond acceptors (Lipinski definition) is 3. The number of rotatable bonds is 1. The molecule has 0 amide bonds. The zero-order valence-corrected chi connectivity index (χ0v) is 9.17. The van der Waals surface area contributed by atoms with Gasteiger partial charge < -0.3 is 4.74 Å². The molecule has 0 aliphatic carbocycles. The second-order valence-corrected chi connectivity index (χ2v) is 3.25. The molecule has 14 heavy (non-hydrogen) atoms. The molecule has 72 valence electrons. The summed E-state index contributed by atoms with van der Waals surface area (Å²) in [5.41, 5.74) is 0.543. The monoisotopic (exact) mass is 253 g/mol. The third kappa shape index (κ3) is 3.58. The van der Waals surface area contributed by atoms with Gasteiger partial charge in [0.25, 0.3) is 0 Å². The minimum absolute atomic E-state index is 0.335. The molecule has 0 atom stereocenters. The van der Waals surface area contributed by atoms with Crippen molar-refractivity contribution in [3.8, 4) is 11.8 Å². The van der Waals surface area contributed by atoms with Crippen LogP contribution >= 0.6 is 15.9 Å². The first-order valence-corrected chi connectivity index (χ1v) is 4.82. The zero-order chi connectivity index (χ0) is 10.4. The van der Waals surface area contributed by atoms with Gasteiger partial charge in [0.15, 0.2) is 0 Å². The number of aromatic nitrogens is 1. The van der Waals surface area contributed by atoms with Crippen molar-refractivity contribution >= 4 is 21.9 Å². The molecule has 0 fully saturated rings. The molecule has 0 unspecified atom stereocenters. The number of nitrogens with zero attached hydrogens (tertiary/aromatic N) is 1. The average molecular weight is 254 g/mol. The fraction of sp³-hybridized carbons (Fsp3) is 0.200. The van der Waals surface area contributed by atoms with Crippen molar-refractivity contribution in [3.05, 3.63) is 28.5 Å². The quantitative estimate of drug-likeness (QED) is 0.566. The first kappa shape index (κ1) is 10.7. The van der Waals surface area contributed by atoms with E-state index < -0.39 is 5.97 Å². The Morgan fingerprint density at radius 1 is 1.64 bits per heavy atom. The summed E-state index contributed by atoms with van der Waals surface area (Å²) >= 11 is 3.25. The van der Waals surface area contributed by atoms with Crippen LogP contribution < -0.4 is 0 Å². The summed E-state index contributed by atoms with van der Waals surface area (Å²) < 4.78 is 5.51. The SMILES string of the molecule is CCOC(=O)C#Cc1ccc(Br)cn1. The van der Waals surface area contributed by atoms with Crippen molar-refractivity contribution in [2.24, 2.45) is 0 Å². The maximum absolute atomic E-state index is 10.9. The molecule has 1 aromatic heterocycles. The van der Waals surface area contributed by atoms with Crippen LogP contribution in [-0.2, 0) is 9.53 Å². The van der Waals surface area contributed by atoms with Gasteiger partial charge in [-0.1, -0.05) is 0 Å². The van der Waals surface area contributed by atoms with Gasteiger partial charge in [0, 0.05) is 16.6 Å². The van der Waals surface area contributed by atoms with Crippen LogP contribution in [0, 0.1) is 11.8 Å². The highest BCUT2D eigenvalue weighted by atomic mass is 79.9. The Balaban J connectivity index is 2.68. The number of pyridine rings is 1. The average Bonchev–Trinajstić information content (AvgIpc) is 2.17. The van der Waals surface area contributed by atoms with Gasteiger partial charge >= 0.3 is 5.97 Å². The molecule has 4 heteroatoms. The molecule has 1 rings (SSSR count). The Kier molecular flexibility index (Phi) is 4.14. The minimum atomic E-state index is -0.530. The fourth-order valence-electron chi connectivity index (χ4n) is 0.732. The number of halogens is 1. The smallest absolute Gasteiger partial charge is 0.384 e. The summed E-state index contributed by atoms with van der Waals surface area (Å²) in [4.78, 5) is 14.8. The van der Waals surface area contributed by atoms with Gasteiger partial charge in [-0.05, 0) is 40.9 Å². The summed E-state index contributed by atoms with van der Waals surface area (Å²) in [5.74, 6) is 4.40.